The van der Waals surface area contributed by atoms with E-state index in [1.54, 1.807) is 0 Å². The van der Waals surface area contributed by atoms with E-state index >= 15 is 0 Å². The predicted molar refractivity (Wildman–Crippen MR) is 57.8 cm³/mol. The molecule has 1 aromatic rings. The Bertz CT molecular complexity index is 440. The Hall–Kier alpha value is -1.79. The van der Waals surface area contributed by atoms with E-state index in [1.807, 2.05) is 31.3 Å². The van der Waals surface area contributed by atoms with Crippen LogP contribution in [0.15, 0.2) is 35.5 Å². The van der Waals surface area contributed by atoms with Crippen LogP contribution in [0.2, 0.25) is 0 Å². The standard InChI is InChI=1S/C12H11NO/c1-3-12-11-6-5-10(14-4-2)7-9(11)8-13-12/h5-8H,1,4H2,2H3. The number of ether oxygens (including phenoxy) is 1. The summed E-state index contributed by atoms with van der Waals surface area (Å²) >= 11 is 0. The van der Waals surface area contributed by atoms with Crippen molar-refractivity contribution in [3.05, 3.63) is 41.6 Å². The molecule has 2 heteroatoms. The molecule has 0 atom stereocenters. The van der Waals surface area contributed by atoms with Crippen molar-refractivity contribution in [2.24, 2.45) is 4.99 Å². The van der Waals surface area contributed by atoms with Gasteiger partial charge >= 0.3 is 0 Å². The van der Waals surface area contributed by atoms with E-state index in [-0.39, 0.29) is 0 Å². The average molecular weight is 185 g/mol. The predicted octanol–water partition coefficient (Wildman–Crippen LogP) is 2.64. The summed E-state index contributed by atoms with van der Waals surface area (Å²) < 4.78 is 5.39. The summed E-state index contributed by atoms with van der Waals surface area (Å²) in [5.41, 5.74) is 5.75. The molecule has 0 aromatic heterocycles. The summed E-state index contributed by atoms with van der Waals surface area (Å²) in [6.07, 6.45) is 1.81. The minimum Gasteiger partial charge on any atom is -0.494 e. The molecule has 0 saturated carbocycles. The van der Waals surface area contributed by atoms with Gasteiger partial charge in [-0.2, -0.15) is 0 Å². The lowest BCUT2D eigenvalue weighted by molar-refractivity contribution is 0.340. The van der Waals surface area contributed by atoms with Gasteiger partial charge in [0.25, 0.3) is 0 Å². The Morgan fingerprint density at radius 1 is 1.50 bits per heavy atom. The third-order valence-electron chi connectivity index (χ3n) is 2.09. The normalized spacial score (nSPS) is 12.5. The van der Waals surface area contributed by atoms with Crippen molar-refractivity contribution >= 4 is 11.9 Å². The molecule has 0 fully saturated rings. The van der Waals surface area contributed by atoms with Crippen molar-refractivity contribution < 1.29 is 4.74 Å². The van der Waals surface area contributed by atoms with Crippen molar-refractivity contribution in [1.29, 1.82) is 0 Å². The van der Waals surface area contributed by atoms with Crippen molar-refractivity contribution in [3.8, 4) is 5.75 Å². The molecule has 0 amide bonds. The van der Waals surface area contributed by atoms with Gasteiger partial charge in [0.2, 0.25) is 0 Å². The topological polar surface area (TPSA) is 21.6 Å². The van der Waals surface area contributed by atoms with Gasteiger partial charge in [-0.25, -0.2) is 4.99 Å². The van der Waals surface area contributed by atoms with E-state index in [9.17, 15) is 0 Å². The zero-order valence-corrected chi connectivity index (χ0v) is 8.08. The van der Waals surface area contributed by atoms with Crippen LogP contribution in [0.3, 0.4) is 0 Å². The summed E-state index contributed by atoms with van der Waals surface area (Å²) in [6, 6.07) is 5.90. The van der Waals surface area contributed by atoms with Crippen LogP contribution >= 0.6 is 0 Å². The molecule has 0 spiro atoms. The van der Waals surface area contributed by atoms with Gasteiger partial charge in [0.1, 0.15) is 11.4 Å². The largest absolute Gasteiger partial charge is 0.494 e. The first-order chi connectivity index (χ1) is 6.85. The van der Waals surface area contributed by atoms with Gasteiger partial charge in [-0.15, -0.1) is 5.73 Å². The molecule has 0 aliphatic carbocycles. The zero-order valence-electron chi connectivity index (χ0n) is 8.08. The van der Waals surface area contributed by atoms with E-state index in [0.29, 0.717) is 6.61 Å². The van der Waals surface area contributed by atoms with Gasteiger partial charge in [0.15, 0.2) is 0 Å². The van der Waals surface area contributed by atoms with Crippen LogP contribution in [0.4, 0.5) is 0 Å². The lowest BCUT2D eigenvalue weighted by Crippen LogP contribution is -1.92. The van der Waals surface area contributed by atoms with E-state index in [1.165, 1.54) is 0 Å². The van der Waals surface area contributed by atoms with Crippen molar-refractivity contribution in [2.75, 3.05) is 6.61 Å². The molecule has 2 nitrogen and oxygen atoms in total. The highest BCUT2D eigenvalue weighted by atomic mass is 16.5. The Labute approximate surface area is 83.2 Å². The van der Waals surface area contributed by atoms with Crippen molar-refractivity contribution in [2.45, 2.75) is 6.92 Å². The highest BCUT2D eigenvalue weighted by Gasteiger charge is 2.11. The lowest BCUT2D eigenvalue weighted by atomic mass is 10.1. The van der Waals surface area contributed by atoms with Gasteiger partial charge in [-0.05, 0) is 25.1 Å². The fraction of sp³-hybridized carbons (Fsp3) is 0.167. The summed E-state index contributed by atoms with van der Waals surface area (Å²) in [5.74, 6) is 0.878. The van der Waals surface area contributed by atoms with Crippen LogP contribution in [-0.4, -0.2) is 12.8 Å². The second kappa shape index (κ2) is 3.52. The van der Waals surface area contributed by atoms with Crippen LogP contribution in [0.25, 0.3) is 5.70 Å². The van der Waals surface area contributed by atoms with Crippen LogP contribution in [0, 0.1) is 0 Å². The van der Waals surface area contributed by atoms with Crippen molar-refractivity contribution in [3.63, 3.8) is 0 Å². The van der Waals surface area contributed by atoms with E-state index in [0.717, 1.165) is 22.6 Å². The maximum atomic E-state index is 5.39. The number of hydrogen-bond donors (Lipinski definition) is 0. The maximum Gasteiger partial charge on any atom is 0.119 e. The molecule has 70 valence electrons. The lowest BCUT2D eigenvalue weighted by Gasteiger charge is -2.04. The SMILES string of the molecule is C=C=C1N=Cc2cc(OCC)ccc21. The maximum absolute atomic E-state index is 5.39. The molecule has 0 bridgehead atoms. The number of fused-ring (bicyclic) bond motifs is 1. The average Bonchev–Trinajstić information content (AvgIpc) is 2.60. The van der Waals surface area contributed by atoms with Crippen LogP contribution in [0.5, 0.6) is 5.75 Å². The smallest absolute Gasteiger partial charge is 0.119 e. The number of aliphatic imine (C=N–C) groups is 1. The molecule has 0 radical (unpaired) electrons. The third kappa shape index (κ3) is 1.36. The highest BCUT2D eigenvalue weighted by Crippen LogP contribution is 2.27. The fourth-order valence-corrected chi connectivity index (χ4v) is 1.46. The van der Waals surface area contributed by atoms with Crippen molar-refractivity contribution in [1.82, 2.24) is 0 Å². The van der Waals surface area contributed by atoms with E-state index < -0.39 is 0 Å². The molecular formula is C12H11NO. The van der Waals surface area contributed by atoms with Gasteiger partial charge in [-0.3, -0.25) is 0 Å². The van der Waals surface area contributed by atoms with Crippen LogP contribution in [0.1, 0.15) is 18.1 Å². The minimum absolute atomic E-state index is 0.681. The number of benzene rings is 1. The van der Waals surface area contributed by atoms with E-state index in [4.69, 9.17) is 4.74 Å². The Morgan fingerprint density at radius 3 is 3.07 bits per heavy atom. The first-order valence-corrected chi connectivity index (χ1v) is 4.56. The monoisotopic (exact) mass is 185 g/mol. The number of hydrogen-bond acceptors (Lipinski definition) is 2. The molecule has 14 heavy (non-hydrogen) atoms. The molecule has 1 aromatic carbocycles. The summed E-state index contributed by atoms with van der Waals surface area (Å²) in [6.45, 7) is 6.24. The molecule has 0 unspecified atom stereocenters. The molecular weight excluding hydrogens is 174 g/mol. The zero-order chi connectivity index (χ0) is 9.97. The Balaban J connectivity index is 2.44. The third-order valence-corrected chi connectivity index (χ3v) is 2.09. The van der Waals surface area contributed by atoms with Crippen LogP contribution < -0.4 is 4.74 Å². The quantitative estimate of drug-likeness (QED) is 0.649. The molecule has 1 aliphatic heterocycles. The second-order valence-corrected chi connectivity index (χ2v) is 2.97. The minimum atomic E-state index is 0.681. The summed E-state index contributed by atoms with van der Waals surface area (Å²) in [5, 5.41) is 0. The first-order valence-electron chi connectivity index (χ1n) is 4.56. The van der Waals surface area contributed by atoms with Gasteiger partial charge < -0.3 is 4.74 Å². The molecule has 1 heterocycles. The summed E-state index contributed by atoms with van der Waals surface area (Å²) in [7, 11) is 0. The molecule has 1 aliphatic rings. The van der Waals surface area contributed by atoms with Gasteiger partial charge in [0, 0.05) is 17.3 Å². The molecule has 0 N–H and O–H groups in total. The highest BCUT2D eigenvalue weighted by molar-refractivity contribution is 5.97. The van der Waals surface area contributed by atoms with Crippen LogP contribution in [-0.2, 0) is 0 Å². The number of nitrogens with zero attached hydrogens (tertiary/aromatic N) is 1. The first kappa shape index (κ1) is 8.79. The Morgan fingerprint density at radius 2 is 2.36 bits per heavy atom. The molecule has 0 saturated heterocycles. The van der Waals surface area contributed by atoms with Gasteiger partial charge in [-0.1, -0.05) is 6.58 Å². The Kier molecular flexibility index (Phi) is 2.21. The van der Waals surface area contributed by atoms with Gasteiger partial charge in [0.05, 0.1) is 6.61 Å². The summed E-state index contributed by atoms with van der Waals surface area (Å²) in [4.78, 5) is 4.19. The molecule has 2 rings (SSSR count). The number of rotatable bonds is 2. The second-order valence-electron chi connectivity index (χ2n) is 2.97. The van der Waals surface area contributed by atoms with E-state index in [2.05, 4.69) is 17.3 Å². The fourth-order valence-electron chi connectivity index (χ4n) is 1.46.